The van der Waals surface area contributed by atoms with Gasteiger partial charge in [-0.15, -0.1) is 13.2 Å². The molecule has 1 N–H and O–H groups in total. The molecule has 1 aliphatic heterocycles. The van der Waals surface area contributed by atoms with Crippen LogP contribution in [0, 0.1) is 23.7 Å². The van der Waals surface area contributed by atoms with E-state index >= 15 is 0 Å². The molecule has 3 nitrogen and oxygen atoms in total. The van der Waals surface area contributed by atoms with Crippen LogP contribution in [0.2, 0.25) is 0 Å². The summed E-state index contributed by atoms with van der Waals surface area (Å²) in [4.78, 5) is 2.67. The molecule has 3 aliphatic rings. The van der Waals surface area contributed by atoms with E-state index in [0.717, 1.165) is 35.8 Å². The molecule has 27 heavy (non-hydrogen) atoms. The first-order valence-corrected chi connectivity index (χ1v) is 10.3. The number of hydrogen-bond donors (Lipinski definition) is 1. The molecule has 2 saturated carbocycles. The lowest BCUT2D eigenvalue weighted by atomic mass is 9.89. The van der Waals surface area contributed by atoms with E-state index in [1.54, 1.807) is 6.07 Å². The molecule has 0 bridgehead atoms. The molecule has 3 fully saturated rings. The number of likely N-dealkylation sites (tertiary alicyclic amines) is 1. The summed E-state index contributed by atoms with van der Waals surface area (Å²) in [7, 11) is 0. The largest absolute Gasteiger partial charge is 0.573 e. The highest BCUT2D eigenvalue weighted by molar-refractivity contribution is 5.28. The Bertz CT molecular complexity index is 618. The topological polar surface area (TPSA) is 24.5 Å². The second kappa shape index (κ2) is 8.00. The lowest BCUT2D eigenvalue weighted by Crippen LogP contribution is -2.32. The summed E-state index contributed by atoms with van der Waals surface area (Å²) in [5.74, 6) is 3.15. The maximum Gasteiger partial charge on any atom is 0.573 e. The fourth-order valence-electron chi connectivity index (χ4n) is 5.16. The third-order valence-corrected chi connectivity index (χ3v) is 6.53. The first-order chi connectivity index (χ1) is 13.0. The summed E-state index contributed by atoms with van der Waals surface area (Å²) >= 11 is 0. The van der Waals surface area contributed by atoms with Gasteiger partial charge in [0.25, 0.3) is 0 Å². The zero-order valence-corrected chi connectivity index (χ0v) is 15.7. The molecule has 6 heteroatoms. The van der Waals surface area contributed by atoms with E-state index in [1.807, 2.05) is 6.07 Å². The van der Waals surface area contributed by atoms with Gasteiger partial charge in [-0.1, -0.05) is 31.4 Å². The van der Waals surface area contributed by atoms with Crippen LogP contribution in [0.5, 0.6) is 5.75 Å². The van der Waals surface area contributed by atoms with Gasteiger partial charge in [-0.05, 0) is 60.8 Å². The first-order valence-electron chi connectivity index (χ1n) is 10.3. The standard InChI is InChI=1S/C21H29F3N2O/c22-21(23,24)27-17-8-4-7-16(9-17)10-25-11-18-19-13-26(14-20(18)19)12-15-5-2-1-3-6-15/h4,7-9,15,18-20,25H,1-3,5-6,10-14H2. The first kappa shape index (κ1) is 19.1. The number of alkyl halides is 3. The number of hydrogen-bond acceptors (Lipinski definition) is 3. The van der Waals surface area contributed by atoms with Crippen LogP contribution in [-0.4, -0.2) is 37.4 Å². The van der Waals surface area contributed by atoms with Gasteiger partial charge in [0, 0.05) is 26.2 Å². The molecule has 4 rings (SSSR count). The van der Waals surface area contributed by atoms with Gasteiger partial charge in [0.1, 0.15) is 5.75 Å². The fraction of sp³-hybridized carbons (Fsp3) is 0.714. The van der Waals surface area contributed by atoms with Crippen LogP contribution in [0.3, 0.4) is 0 Å². The van der Waals surface area contributed by atoms with Crippen LogP contribution in [0.25, 0.3) is 0 Å². The number of halogens is 3. The molecule has 0 spiro atoms. The second-order valence-corrected chi connectivity index (χ2v) is 8.54. The lowest BCUT2D eigenvalue weighted by Gasteiger charge is -2.28. The zero-order valence-electron chi connectivity index (χ0n) is 15.7. The molecular weight excluding hydrogens is 353 g/mol. The zero-order chi connectivity index (χ0) is 18.9. The summed E-state index contributed by atoms with van der Waals surface area (Å²) < 4.78 is 40.9. The number of nitrogens with one attached hydrogen (secondary N) is 1. The molecule has 0 amide bonds. The van der Waals surface area contributed by atoms with Crippen LogP contribution >= 0.6 is 0 Å². The molecule has 2 atom stereocenters. The predicted molar refractivity (Wildman–Crippen MR) is 98.3 cm³/mol. The van der Waals surface area contributed by atoms with Crippen LogP contribution in [0.1, 0.15) is 37.7 Å². The van der Waals surface area contributed by atoms with Gasteiger partial charge in [0.05, 0.1) is 0 Å². The molecule has 1 saturated heterocycles. The van der Waals surface area contributed by atoms with E-state index in [4.69, 9.17) is 0 Å². The highest BCUT2D eigenvalue weighted by Gasteiger charge is 2.54. The highest BCUT2D eigenvalue weighted by atomic mass is 19.4. The average Bonchev–Trinajstić information content (AvgIpc) is 3.07. The number of benzene rings is 1. The van der Waals surface area contributed by atoms with Crippen LogP contribution in [0.15, 0.2) is 24.3 Å². The van der Waals surface area contributed by atoms with E-state index < -0.39 is 6.36 Å². The summed E-state index contributed by atoms with van der Waals surface area (Å²) in [6.07, 6.45) is 2.42. The summed E-state index contributed by atoms with van der Waals surface area (Å²) in [6.45, 7) is 5.30. The summed E-state index contributed by atoms with van der Waals surface area (Å²) in [5, 5.41) is 3.42. The third-order valence-electron chi connectivity index (χ3n) is 6.53. The van der Waals surface area contributed by atoms with Crippen molar-refractivity contribution in [1.29, 1.82) is 0 Å². The van der Waals surface area contributed by atoms with Crippen molar-refractivity contribution in [3.63, 3.8) is 0 Å². The van der Waals surface area contributed by atoms with E-state index in [0.29, 0.717) is 6.54 Å². The molecule has 150 valence electrons. The van der Waals surface area contributed by atoms with Gasteiger partial charge in [-0.2, -0.15) is 0 Å². The van der Waals surface area contributed by atoms with Gasteiger partial charge in [0.2, 0.25) is 0 Å². The van der Waals surface area contributed by atoms with Crippen molar-refractivity contribution in [3.05, 3.63) is 29.8 Å². The molecule has 1 aromatic carbocycles. The molecule has 1 heterocycles. The molecule has 1 aromatic rings. The lowest BCUT2D eigenvalue weighted by molar-refractivity contribution is -0.274. The minimum Gasteiger partial charge on any atom is -0.406 e. The van der Waals surface area contributed by atoms with Crippen LogP contribution in [-0.2, 0) is 6.54 Å². The number of nitrogens with zero attached hydrogens (tertiary/aromatic N) is 1. The Hall–Kier alpha value is -1.27. The van der Waals surface area contributed by atoms with Crippen molar-refractivity contribution in [2.45, 2.75) is 45.0 Å². The Labute approximate surface area is 159 Å². The third kappa shape index (κ3) is 5.17. The van der Waals surface area contributed by atoms with Crippen molar-refractivity contribution >= 4 is 0 Å². The molecule has 0 radical (unpaired) electrons. The summed E-state index contributed by atoms with van der Waals surface area (Å²) in [6, 6.07) is 6.23. The monoisotopic (exact) mass is 382 g/mol. The number of rotatable bonds is 7. The van der Waals surface area contributed by atoms with Gasteiger partial charge < -0.3 is 15.0 Å². The number of piperidine rings is 1. The Morgan fingerprint density at radius 2 is 1.81 bits per heavy atom. The van der Waals surface area contributed by atoms with Gasteiger partial charge >= 0.3 is 6.36 Å². The molecule has 0 aromatic heterocycles. The maximum atomic E-state index is 12.3. The minimum atomic E-state index is -4.64. The van der Waals surface area contributed by atoms with Crippen molar-refractivity contribution in [3.8, 4) is 5.75 Å². The maximum absolute atomic E-state index is 12.3. The van der Waals surface area contributed by atoms with Gasteiger partial charge in [0.15, 0.2) is 0 Å². The van der Waals surface area contributed by atoms with Crippen molar-refractivity contribution in [2.75, 3.05) is 26.2 Å². The number of ether oxygens (including phenoxy) is 1. The Morgan fingerprint density at radius 1 is 1.07 bits per heavy atom. The normalized spacial score (nSPS) is 28.9. The van der Waals surface area contributed by atoms with Gasteiger partial charge in [-0.25, -0.2) is 0 Å². The van der Waals surface area contributed by atoms with E-state index in [-0.39, 0.29) is 5.75 Å². The van der Waals surface area contributed by atoms with E-state index in [9.17, 15) is 13.2 Å². The van der Waals surface area contributed by atoms with Gasteiger partial charge in [-0.3, -0.25) is 0 Å². The Kier molecular flexibility index (Phi) is 5.65. The number of fused-ring (bicyclic) bond motifs is 1. The minimum absolute atomic E-state index is 0.150. The van der Waals surface area contributed by atoms with Crippen LogP contribution in [0.4, 0.5) is 13.2 Å². The van der Waals surface area contributed by atoms with Crippen molar-refractivity contribution < 1.29 is 17.9 Å². The van der Waals surface area contributed by atoms with E-state index in [2.05, 4.69) is 15.0 Å². The van der Waals surface area contributed by atoms with Crippen molar-refractivity contribution in [1.82, 2.24) is 10.2 Å². The summed E-state index contributed by atoms with van der Waals surface area (Å²) in [5.41, 5.74) is 0.821. The average molecular weight is 382 g/mol. The molecule has 2 unspecified atom stereocenters. The van der Waals surface area contributed by atoms with E-state index in [1.165, 1.54) is 63.9 Å². The molecular formula is C21H29F3N2O. The highest BCUT2D eigenvalue weighted by Crippen LogP contribution is 2.51. The SMILES string of the molecule is FC(F)(F)Oc1cccc(CNCC2C3CN(CC4CCCCC4)CC23)c1. The van der Waals surface area contributed by atoms with Crippen molar-refractivity contribution in [2.24, 2.45) is 23.7 Å². The second-order valence-electron chi connectivity index (χ2n) is 8.54. The predicted octanol–water partition coefficient (Wildman–Crippen LogP) is 4.43. The Morgan fingerprint density at radius 3 is 2.52 bits per heavy atom. The van der Waals surface area contributed by atoms with Crippen LogP contribution < -0.4 is 10.1 Å². The Balaban J connectivity index is 1.15. The fourth-order valence-corrected chi connectivity index (χ4v) is 5.16. The smallest absolute Gasteiger partial charge is 0.406 e. The quantitative estimate of drug-likeness (QED) is 0.755. The molecule has 2 aliphatic carbocycles.